The monoisotopic (exact) mass is 649 g/mol. The highest BCUT2D eigenvalue weighted by Crippen LogP contribution is 2.45. The lowest BCUT2D eigenvalue weighted by atomic mass is 9.78. The van der Waals surface area contributed by atoms with Crippen molar-refractivity contribution < 1.29 is 32.2 Å². The highest BCUT2D eigenvalue weighted by atomic mass is 35.5. The van der Waals surface area contributed by atoms with Gasteiger partial charge in [-0.3, -0.25) is 0 Å². The zero-order valence-corrected chi connectivity index (χ0v) is 26.8. The Morgan fingerprint density at radius 3 is 1.49 bits per heavy atom. The van der Waals surface area contributed by atoms with Gasteiger partial charge in [0, 0.05) is 44.4 Å². The molecule has 4 rings (SSSR count). The second kappa shape index (κ2) is 16.7. The van der Waals surface area contributed by atoms with E-state index in [-0.39, 0.29) is 36.0 Å². The van der Waals surface area contributed by atoms with Crippen molar-refractivity contribution in [3.63, 3.8) is 0 Å². The molecule has 0 N–H and O–H groups in total. The number of alkyl halides is 3. The quantitative estimate of drug-likeness (QED) is 0.296. The summed E-state index contributed by atoms with van der Waals surface area (Å²) in [4.78, 5) is 33.6. The number of carbonyl (C=O) groups excluding carboxylic acids is 2. The molecule has 2 fully saturated rings. The van der Waals surface area contributed by atoms with E-state index >= 15 is 0 Å². The van der Waals surface area contributed by atoms with Crippen LogP contribution in [-0.2, 0) is 25.2 Å². The van der Waals surface area contributed by atoms with Crippen LogP contribution in [0.2, 0.25) is 0 Å². The summed E-state index contributed by atoms with van der Waals surface area (Å²) >= 11 is 0. The average molecular weight is 651 g/mol. The second-order valence-corrected chi connectivity index (χ2v) is 11.1. The maximum Gasteiger partial charge on any atom is 0.416 e. The van der Waals surface area contributed by atoms with Crippen molar-refractivity contribution >= 4 is 36.8 Å². The number of rotatable bonds is 9. The van der Waals surface area contributed by atoms with Crippen LogP contribution in [0.3, 0.4) is 0 Å². The molecule has 0 unspecified atom stereocenters. The van der Waals surface area contributed by atoms with E-state index in [1.54, 1.807) is 0 Å². The van der Waals surface area contributed by atoms with Gasteiger partial charge in [-0.1, -0.05) is 25.0 Å². The van der Waals surface area contributed by atoms with E-state index in [4.69, 9.17) is 9.47 Å². The molecular formula is C31H44Cl2F3N3O4. The number of nitrogens with zero attached hydrogens (tertiary/aromatic N) is 3. The van der Waals surface area contributed by atoms with Gasteiger partial charge in [-0.15, -0.1) is 24.8 Å². The van der Waals surface area contributed by atoms with E-state index in [2.05, 4.69) is 9.80 Å². The summed E-state index contributed by atoms with van der Waals surface area (Å²) in [6, 6.07) is 4.71. The number of piperidine rings is 2. The van der Waals surface area contributed by atoms with Crippen LogP contribution in [0.5, 0.6) is 0 Å². The number of hydrogen-bond acceptors (Lipinski definition) is 7. The third-order valence-corrected chi connectivity index (χ3v) is 8.62. The Bertz CT molecular complexity index is 1090. The first-order valence-corrected chi connectivity index (χ1v) is 14.6. The zero-order valence-electron chi connectivity index (χ0n) is 25.2. The van der Waals surface area contributed by atoms with Crippen molar-refractivity contribution in [2.24, 2.45) is 0 Å². The van der Waals surface area contributed by atoms with Crippen LogP contribution in [0.1, 0.15) is 68.4 Å². The number of methoxy groups -OCH3 is 2. The lowest BCUT2D eigenvalue weighted by molar-refractivity contribution is -0.139. The van der Waals surface area contributed by atoms with Crippen molar-refractivity contribution in [1.82, 2.24) is 14.7 Å². The minimum absolute atomic E-state index is 0. The van der Waals surface area contributed by atoms with E-state index in [9.17, 15) is 22.8 Å². The highest BCUT2D eigenvalue weighted by molar-refractivity contribution is 6.00. The number of benzene rings is 1. The normalized spacial score (nSPS) is 19.1. The molecule has 0 aliphatic carbocycles. The number of likely N-dealkylation sites (tertiary alicyclic amines) is 2. The summed E-state index contributed by atoms with van der Waals surface area (Å²) in [6.45, 7) is 5.39. The summed E-state index contributed by atoms with van der Waals surface area (Å²) in [7, 11) is 4.44. The van der Waals surface area contributed by atoms with Crippen LogP contribution in [0, 0.1) is 0 Å². The molecule has 1 aromatic carbocycles. The van der Waals surface area contributed by atoms with Crippen LogP contribution in [0.15, 0.2) is 46.8 Å². The van der Waals surface area contributed by atoms with Crippen LogP contribution in [0.25, 0.3) is 0 Å². The third kappa shape index (κ3) is 8.90. The Hall–Kier alpha value is -2.27. The van der Waals surface area contributed by atoms with Gasteiger partial charge in [0.05, 0.1) is 36.8 Å². The zero-order chi connectivity index (χ0) is 29.6. The van der Waals surface area contributed by atoms with Gasteiger partial charge in [-0.25, -0.2) is 9.59 Å². The molecule has 1 aromatic rings. The van der Waals surface area contributed by atoms with Crippen molar-refractivity contribution in [3.05, 3.63) is 57.9 Å². The predicted molar refractivity (Wildman–Crippen MR) is 164 cm³/mol. The Balaban J connectivity index is 0.00000323. The fourth-order valence-corrected chi connectivity index (χ4v) is 6.39. The van der Waals surface area contributed by atoms with Gasteiger partial charge in [0.1, 0.15) is 0 Å². The highest BCUT2D eigenvalue weighted by Gasteiger charge is 2.42. The molecule has 3 heterocycles. The van der Waals surface area contributed by atoms with Crippen molar-refractivity contribution in [1.29, 1.82) is 0 Å². The molecule has 3 aliphatic rings. The first kappa shape index (κ1) is 36.9. The maximum atomic E-state index is 13.5. The molecule has 242 valence electrons. The first-order valence-electron chi connectivity index (χ1n) is 14.6. The summed E-state index contributed by atoms with van der Waals surface area (Å²) in [5.74, 6) is -2.13. The molecule has 0 radical (unpaired) electrons. The van der Waals surface area contributed by atoms with Crippen LogP contribution >= 0.6 is 24.8 Å². The number of halogens is 5. The standard InChI is InChI=1S/C31H42F3N3O4.2ClH/c1-35-24(14-20-36-16-6-4-7-17-36)27(29(38)40-2)26(22-10-12-23(13-11-22)31(32,33)34)28(30(39)41-3)25(35)15-21-37-18-8-5-9-19-37;;/h10-13,26H,4-9,14-21H2,1-3H3;2*1H. The van der Waals surface area contributed by atoms with Gasteiger partial charge >= 0.3 is 18.1 Å². The van der Waals surface area contributed by atoms with E-state index < -0.39 is 29.6 Å². The first-order chi connectivity index (χ1) is 19.7. The van der Waals surface area contributed by atoms with Gasteiger partial charge in [-0.05, 0) is 69.6 Å². The smallest absolute Gasteiger partial charge is 0.416 e. The molecule has 43 heavy (non-hydrogen) atoms. The SMILES string of the molecule is COC(=O)C1=C(CCN2CCCCC2)N(C)C(CCN2CCCCC2)=C(C(=O)OC)C1c1ccc(C(F)(F)F)cc1.Cl.Cl. The largest absolute Gasteiger partial charge is 0.466 e. The lowest BCUT2D eigenvalue weighted by Gasteiger charge is -2.40. The summed E-state index contributed by atoms with van der Waals surface area (Å²) in [5, 5.41) is 0. The minimum Gasteiger partial charge on any atom is -0.466 e. The number of esters is 2. The van der Waals surface area contributed by atoms with Crippen molar-refractivity contribution in [2.75, 3.05) is 60.5 Å². The second-order valence-electron chi connectivity index (χ2n) is 11.1. The Kier molecular flexibility index (Phi) is 14.3. The summed E-state index contributed by atoms with van der Waals surface area (Å²) in [5.41, 5.74) is 1.62. The number of hydrogen-bond donors (Lipinski definition) is 0. The molecule has 0 saturated carbocycles. The molecule has 3 aliphatic heterocycles. The van der Waals surface area contributed by atoms with Crippen LogP contribution < -0.4 is 0 Å². The Labute approximate surface area is 265 Å². The average Bonchev–Trinajstić information content (AvgIpc) is 2.99. The lowest BCUT2D eigenvalue weighted by Crippen LogP contribution is -2.39. The fourth-order valence-electron chi connectivity index (χ4n) is 6.39. The van der Waals surface area contributed by atoms with Crippen LogP contribution in [-0.4, -0.2) is 87.2 Å². The molecule has 0 spiro atoms. The van der Waals surface area contributed by atoms with E-state index in [1.807, 2.05) is 11.9 Å². The molecule has 7 nitrogen and oxygen atoms in total. The molecule has 0 atom stereocenters. The molecule has 0 bridgehead atoms. The van der Waals surface area contributed by atoms with Gasteiger partial charge in [0.25, 0.3) is 0 Å². The van der Waals surface area contributed by atoms with E-state index in [0.717, 1.165) is 88.5 Å². The van der Waals surface area contributed by atoms with Gasteiger partial charge in [0.2, 0.25) is 0 Å². The molecule has 0 amide bonds. The number of ether oxygens (including phenoxy) is 2. The Morgan fingerprint density at radius 2 is 1.14 bits per heavy atom. The van der Waals surface area contributed by atoms with E-state index in [0.29, 0.717) is 18.4 Å². The third-order valence-electron chi connectivity index (χ3n) is 8.62. The summed E-state index contributed by atoms with van der Waals surface area (Å²) < 4.78 is 50.8. The van der Waals surface area contributed by atoms with E-state index in [1.165, 1.54) is 39.2 Å². The summed E-state index contributed by atoms with van der Waals surface area (Å²) in [6.07, 6.45) is 3.48. The molecule has 2 saturated heterocycles. The molecular weight excluding hydrogens is 606 g/mol. The topological polar surface area (TPSA) is 62.3 Å². The van der Waals surface area contributed by atoms with Gasteiger partial charge in [-0.2, -0.15) is 13.2 Å². The fraction of sp³-hybridized carbons (Fsp3) is 0.613. The predicted octanol–water partition coefficient (Wildman–Crippen LogP) is 6.18. The van der Waals surface area contributed by atoms with Crippen LogP contribution in [0.4, 0.5) is 13.2 Å². The van der Waals surface area contributed by atoms with Crippen molar-refractivity contribution in [2.45, 2.75) is 63.5 Å². The number of carbonyl (C=O) groups is 2. The minimum atomic E-state index is -4.51. The van der Waals surface area contributed by atoms with Gasteiger partial charge in [0.15, 0.2) is 0 Å². The van der Waals surface area contributed by atoms with Crippen molar-refractivity contribution in [3.8, 4) is 0 Å². The molecule has 0 aromatic heterocycles. The maximum absolute atomic E-state index is 13.5. The Morgan fingerprint density at radius 1 is 0.744 bits per heavy atom. The van der Waals surface area contributed by atoms with Gasteiger partial charge < -0.3 is 24.2 Å². The molecule has 12 heteroatoms.